The maximum atomic E-state index is 12.7. The molecular weight excluding hydrogens is 248 g/mol. The summed E-state index contributed by atoms with van der Waals surface area (Å²) in [6, 6.07) is 5.20. The number of methoxy groups -OCH3 is 1. The molecule has 1 aliphatic carbocycles. The van der Waals surface area contributed by atoms with Crippen molar-refractivity contribution in [2.45, 2.75) is 12.8 Å². The maximum absolute atomic E-state index is 12.7. The largest absolute Gasteiger partial charge is 1.00 e. The van der Waals surface area contributed by atoms with Gasteiger partial charge in [-0.3, -0.25) is 4.79 Å². The van der Waals surface area contributed by atoms with Crippen LogP contribution in [0, 0.1) is 11.2 Å². The number of hydrogen-bond donors (Lipinski definition) is 0. The van der Waals surface area contributed by atoms with E-state index in [1.807, 2.05) is 0 Å². The molecule has 2 rings (SSSR count). The molecule has 0 aromatic heterocycles. The predicted octanol–water partition coefficient (Wildman–Crippen LogP) is -0.685. The minimum atomic E-state index is -1.09. The van der Waals surface area contributed by atoms with Gasteiger partial charge in [-0.05, 0) is 25.0 Å². The molecule has 0 saturated heterocycles. The summed E-state index contributed by atoms with van der Waals surface area (Å²) in [5.74, 6) is -1.46. The number of halogens is 1. The molecule has 1 aliphatic rings. The van der Waals surface area contributed by atoms with Gasteiger partial charge in [0.05, 0.1) is 13.0 Å². The third-order valence-corrected chi connectivity index (χ3v) is 2.79. The number of rotatable bonds is 3. The van der Waals surface area contributed by atoms with Gasteiger partial charge in [-0.1, -0.05) is 12.1 Å². The smallest absolute Gasteiger partial charge is 0.626 e. The summed E-state index contributed by atoms with van der Waals surface area (Å²) < 4.78 is 17.2. The first-order valence-electron chi connectivity index (χ1n) is 5.19. The fourth-order valence-corrected chi connectivity index (χ4v) is 1.57. The third kappa shape index (κ3) is 2.91. The van der Waals surface area contributed by atoms with E-state index in [0.717, 1.165) is 0 Å². The summed E-state index contributed by atoms with van der Waals surface area (Å²) in [4.78, 5) is 23.2. The Morgan fingerprint density at radius 1 is 1.28 bits per heavy atom. The van der Waals surface area contributed by atoms with Gasteiger partial charge >= 0.3 is 35.5 Å². The van der Waals surface area contributed by atoms with Crippen molar-refractivity contribution in [1.82, 2.24) is 0 Å². The Hall–Kier alpha value is -0.910. The second-order valence-corrected chi connectivity index (χ2v) is 3.97. The Balaban J connectivity index is 0.00000162. The number of carbonyl (C=O) groups is 2. The number of carbonyl (C=O) groups excluding carboxylic acids is 2. The van der Waals surface area contributed by atoms with Crippen molar-refractivity contribution in [2.75, 3.05) is 7.11 Å². The van der Waals surface area contributed by atoms with Gasteiger partial charge in [-0.25, -0.2) is 4.39 Å². The van der Waals surface area contributed by atoms with Crippen LogP contribution in [0.3, 0.4) is 0 Å². The van der Waals surface area contributed by atoms with E-state index in [4.69, 9.17) is 0 Å². The maximum Gasteiger partial charge on any atom is 1.00 e. The van der Waals surface area contributed by atoms with Crippen LogP contribution in [0.1, 0.15) is 12.8 Å². The van der Waals surface area contributed by atoms with E-state index in [9.17, 15) is 14.0 Å². The molecule has 1 saturated carbocycles. The standard InChI is InChI=1S/C12H12FNO3.Na/c1-17-11(16)12(6-7-12)10(15)14-9-4-2-8(13)3-5-9;/h2-5H,6-7H2,1H3,(H,14,15);/q;+1/p-1. The summed E-state index contributed by atoms with van der Waals surface area (Å²) in [7, 11) is 1.24. The van der Waals surface area contributed by atoms with Gasteiger partial charge in [0.15, 0.2) is 0 Å². The van der Waals surface area contributed by atoms with Crippen molar-refractivity contribution in [3.05, 3.63) is 35.4 Å². The second-order valence-electron chi connectivity index (χ2n) is 3.97. The second kappa shape index (κ2) is 5.82. The topological polar surface area (TPSA) is 57.5 Å². The number of amides is 1. The minimum Gasteiger partial charge on any atom is -0.626 e. The van der Waals surface area contributed by atoms with E-state index in [1.165, 1.54) is 31.4 Å². The van der Waals surface area contributed by atoms with Gasteiger partial charge in [0, 0.05) is 0 Å². The third-order valence-electron chi connectivity index (χ3n) is 2.79. The first-order chi connectivity index (χ1) is 8.08. The molecule has 1 fully saturated rings. The van der Waals surface area contributed by atoms with Crippen LogP contribution in [0.5, 0.6) is 0 Å². The van der Waals surface area contributed by atoms with Gasteiger partial charge in [-0.2, -0.15) is 0 Å². The van der Waals surface area contributed by atoms with Crippen molar-refractivity contribution < 1.29 is 48.3 Å². The first kappa shape index (κ1) is 15.1. The van der Waals surface area contributed by atoms with Crippen LogP contribution in [0.4, 0.5) is 10.1 Å². The first-order valence-corrected chi connectivity index (χ1v) is 5.19. The Morgan fingerprint density at radius 3 is 2.28 bits per heavy atom. The zero-order chi connectivity index (χ0) is 12.5. The molecule has 0 heterocycles. The molecule has 0 unspecified atom stereocenters. The molecule has 0 N–H and O–H groups in total. The molecular formula is C12H11FNNaO3. The summed E-state index contributed by atoms with van der Waals surface area (Å²) in [6.07, 6.45) is 0.923. The fourth-order valence-electron chi connectivity index (χ4n) is 1.57. The quantitative estimate of drug-likeness (QED) is 0.410. The van der Waals surface area contributed by atoms with E-state index >= 15 is 0 Å². The van der Waals surface area contributed by atoms with Gasteiger partial charge in [0.2, 0.25) is 0 Å². The van der Waals surface area contributed by atoms with E-state index in [0.29, 0.717) is 18.5 Å². The molecule has 1 aromatic carbocycles. The van der Waals surface area contributed by atoms with E-state index in [-0.39, 0.29) is 29.6 Å². The number of esters is 1. The minimum absolute atomic E-state index is 0. The number of hydrogen-bond acceptors (Lipinski definition) is 3. The average molecular weight is 259 g/mol. The monoisotopic (exact) mass is 259 g/mol. The van der Waals surface area contributed by atoms with Crippen LogP contribution in [-0.2, 0) is 14.3 Å². The zero-order valence-electron chi connectivity index (χ0n) is 10.3. The zero-order valence-corrected chi connectivity index (χ0v) is 12.3. The van der Waals surface area contributed by atoms with E-state index in [2.05, 4.69) is 10.1 Å². The summed E-state index contributed by atoms with van der Waals surface area (Å²) in [6.45, 7) is 0. The van der Waals surface area contributed by atoms with Crippen LogP contribution in [0.25, 0.3) is 5.32 Å². The average Bonchev–Trinajstić information content (AvgIpc) is 3.12. The van der Waals surface area contributed by atoms with Crippen molar-refractivity contribution in [2.24, 2.45) is 5.41 Å². The van der Waals surface area contributed by atoms with Gasteiger partial charge < -0.3 is 14.8 Å². The molecule has 6 heteroatoms. The van der Waals surface area contributed by atoms with Crippen LogP contribution in [0.15, 0.2) is 24.3 Å². The fraction of sp³-hybridized carbons (Fsp3) is 0.333. The number of ether oxygens (including phenoxy) is 1. The van der Waals surface area contributed by atoms with Gasteiger partial charge in [0.25, 0.3) is 0 Å². The van der Waals surface area contributed by atoms with Crippen molar-refractivity contribution in [3.63, 3.8) is 0 Å². The molecule has 0 bridgehead atoms. The molecule has 0 radical (unpaired) electrons. The number of nitrogens with zero attached hydrogens (tertiary/aromatic N) is 1. The van der Waals surface area contributed by atoms with Gasteiger partial charge in [0.1, 0.15) is 11.2 Å². The molecule has 1 amide bonds. The Labute approximate surface area is 126 Å². The molecule has 90 valence electrons. The summed E-state index contributed by atoms with van der Waals surface area (Å²) in [5, 5.41) is 3.80. The van der Waals surface area contributed by atoms with Crippen molar-refractivity contribution >= 4 is 17.6 Å². The normalized spacial score (nSPS) is 15.2. The summed E-state index contributed by atoms with van der Waals surface area (Å²) >= 11 is 0. The predicted molar refractivity (Wildman–Crippen MR) is 58.1 cm³/mol. The summed E-state index contributed by atoms with van der Waals surface area (Å²) in [5.41, 5.74) is -0.755. The Bertz CT molecular complexity index is 457. The van der Waals surface area contributed by atoms with E-state index in [1.54, 1.807) is 0 Å². The molecule has 1 aromatic rings. The SMILES string of the molecule is COC(=O)C1(C(=O)[N-]c2ccc(F)cc2)CC1.[Na+]. The van der Waals surface area contributed by atoms with Gasteiger partial charge in [-0.15, -0.1) is 5.69 Å². The van der Waals surface area contributed by atoms with Crippen LogP contribution in [-0.4, -0.2) is 19.0 Å². The molecule has 18 heavy (non-hydrogen) atoms. The molecule has 4 nitrogen and oxygen atoms in total. The molecule has 0 spiro atoms. The van der Waals surface area contributed by atoms with Crippen molar-refractivity contribution in [1.29, 1.82) is 0 Å². The number of benzene rings is 1. The molecule has 0 aliphatic heterocycles. The van der Waals surface area contributed by atoms with Crippen LogP contribution in [0.2, 0.25) is 0 Å². The Kier molecular flexibility index (Phi) is 4.90. The van der Waals surface area contributed by atoms with Crippen LogP contribution >= 0.6 is 0 Å². The Morgan fingerprint density at radius 2 is 1.83 bits per heavy atom. The van der Waals surface area contributed by atoms with Crippen molar-refractivity contribution in [3.8, 4) is 0 Å². The molecule has 0 atom stereocenters. The van der Waals surface area contributed by atoms with Crippen LogP contribution < -0.4 is 29.6 Å². The van der Waals surface area contributed by atoms with E-state index < -0.39 is 23.1 Å².